The normalized spacial score (nSPS) is 31.2. The number of amides is 1. The van der Waals surface area contributed by atoms with E-state index in [4.69, 9.17) is 0 Å². The van der Waals surface area contributed by atoms with Crippen LogP contribution in [0.15, 0.2) is 30.3 Å². The van der Waals surface area contributed by atoms with E-state index < -0.39 is 0 Å². The van der Waals surface area contributed by atoms with Gasteiger partial charge in [-0.2, -0.15) is 0 Å². The summed E-state index contributed by atoms with van der Waals surface area (Å²) in [5.41, 5.74) is 1.34. The summed E-state index contributed by atoms with van der Waals surface area (Å²) >= 11 is 1.78. The molecule has 1 aromatic carbocycles. The van der Waals surface area contributed by atoms with E-state index in [0.717, 1.165) is 18.1 Å². The van der Waals surface area contributed by atoms with Crippen LogP contribution in [-0.2, 0) is 4.79 Å². The van der Waals surface area contributed by atoms with Gasteiger partial charge < -0.3 is 5.32 Å². The lowest BCUT2D eigenvalue weighted by atomic mass is 10.1. The van der Waals surface area contributed by atoms with Crippen molar-refractivity contribution in [2.45, 2.75) is 24.4 Å². The quantitative estimate of drug-likeness (QED) is 0.847. The summed E-state index contributed by atoms with van der Waals surface area (Å²) in [5.74, 6) is 2.48. The third kappa shape index (κ3) is 2.48. The van der Waals surface area contributed by atoms with Crippen molar-refractivity contribution in [3.05, 3.63) is 35.9 Å². The number of carbonyl (C=O) groups excluding carboxylic acids is 1. The van der Waals surface area contributed by atoms with Crippen LogP contribution in [0, 0.1) is 0 Å². The van der Waals surface area contributed by atoms with Gasteiger partial charge in [0.05, 0.1) is 6.04 Å². The highest BCUT2D eigenvalue weighted by Gasteiger charge is 2.40. The molecular formula is C13H16N2OS. The van der Waals surface area contributed by atoms with E-state index in [1.165, 1.54) is 5.56 Å². The number of rotatable bonds is 3. The lowest BCUT2D eigenvalue weighted by Gasteiger charge is -2.10. The van der Waals surface area contributed by atoms with Gasteiger partial charge in [0.2, 0.25) is 5.91 Å². The smallest absolute Gasteiger partial charge is 0.238 e. The van der Waals surface area contributed by atoms with E-state index in [-0.39, 0.29) is 11.9 Å². The Kier molecular flexibility index (Phi) is 3.07. The Hall–Kier alpha value is -1.00. The molecule has 1 heterocycles. The molecule has 2 aliphatic rings. The van der Waals surface area contributed by atoms with Gasteiger partial charge in [-0.1, -0.05) is 30.3 Å². The summed E-state index contributed by atoms with van der Waals surface area (Å²) in [4.78, 5) is 11.9. The maximum absolute atomic E-state index is 11.9. The molecule has 3 rings (SSSR count). The van der Waals surface area contributed by atoms with Crippen LogP contribution in [0.25, 0.3) is 0 Å². The van der Waals surface area contributed by atoms with Gasteiger partial charge in [0.1, 0.15) is 0 Å². The average Bonchev–Trinajstić information content (AvgIpc) is 2.92. The second-order valence-corrected chi connectivity index (χ2v) is 5.67. The van der Waals surface area contributed by atoms with Crippen LogP contribution >= 0.6 is 11.8 Å². The monoisotopic (exact) mass is 248 g/mol. The molecule has 1 aromatic rings. The first kappa shape index (κ1) is 11.1. The zero-order valence-corrected chi connectivity index (χ0v) is 10.4. The van der Waals surface area contributed by atoms with Crippen LogP contribution in [-0.4, -0.2) is 29.6 Å². The summed E-state index contributed by atoms with van der Waals surface area (Å²) in [5, 5.41) is 6.32. The Morgan fingerprint density at radius 3 is 2.88 bits per heavy atom. The largest absolute Gasteiger partial charge is 0.351 e. The fraction of sp³-hybridized carbons (Fsp3) is 0.462. The fourth-order valence-electron chi connectivity index (χ4n) is 2.27. The first-order chi connectivity index (χ1) is 8.34. The van der Waals surface area contributed by atoms with Crippen molar-refractivity contribution in [1.29, 1.82) is 0 Å². The van der Waals surface area contributed by atoms with Crippen LogP contribution < -0.4 is 10.6 Å². The molecule has 3 atom stereocenters. The van der Waals surface area contributed by atoms with E-state index in [1.807, 2.05) is 6.07 Å². The Labute approximate surface area is 105 Å². The second-order valence-electron chi connectivity index (χ2n) is 4.64. The van der Waals surface area contributed by atoms with Gasteiger partial charge in [-0.15, -0.1) is 11.8 Å². The lowest BCUT2D eigenvalue weighted by Crippen LogP contribution is -2.43. The van der Waals surface area contributed by atoms with Crippen LogP contribution in [0.4, 0.5) is 0 Å². The maximum Gasteiger partial charge on any atom is 0.238 e. The van der Waals surface area contributed by atoms with Crippen molar-refractivity contribution >= 4 is 17.7 Å². The number of hydrogen-bond acceptors (Lipinski definition) is 3. The average molecular weight is 248 g/mol. The molecule has 0 spiro atoms. The first-order valence-electron chi connectivity index (χ1n) is 6.01. The summed E-state index contributed by atoms with van der Waals surface area (Å²) in [7, 11) is 0. The maximum atomic E-state index is 11.9. The molecule has 0 bridgehead atoms. The Morgan fingerprint density at radius 2 is 2.18 bits per heavy atom. The zero-order valence-electron chi connectivity index (χ0n) is 9.56. The van der Waals surface area contributed by atoms with E-state index >= 15 is 0 Å². The lowest BCUT2D eigenvalue weighted by molar-refractivity contribution is -0.122. The molecule has 2 N–H and O–H groups in total. The third-order valence-corrected chi connectivity index (χ3v) is 4.32. The van der Waals surface area contributed by atoms with Crippen LogP contribution in [0.1, 0.15) is 17.9 Å². The van der Waals surface area contributed by atoms with Crippen molar-refractivity contribution in [1.82, 2.24) is 10.6 Å². The van der Waals surface area contributed by atoms with Crippen LogP contribution in [0.3, 0.4) is 0 Å². The minimum absolute atomic E-state index is 0.0111. The Balaban J connectivity index is 1.54. The van der Waals surface area contributed by atoms with Crippen molar-refractivity contribution < 1.29 is 4.79 Å². The van der Waals surface area contributed by atoms with Gasteiger partial charge in [0.15, 0.2) is 0 Å². The van der Waals surface area contributed by atoms with Crippen molar-refractivity contribution in [2.75, 3.05) is 11.6 Å². The van der Waals surface area contributed by atoms with Crippen molar-refractivity contribution in [3.8, 4) is 0 Å². The molecule has 3 unspecified atom stereocenters. The summed E-state index contributed by atoms with van der Waals surface area (Å²) in [6.45, 7) is 0. The fourth-order valence-corrected chi connectivity index (χ4v) is 3.21. The van der Waals surface area contributed by atoms with E-state index in [1.54, 1.807) is 11.8 Å². The number of hydrogen-bond donors (Lipinski definition) is 2. The summed E-state index contributed by atoms with van der Waals surface area (Å²) in [6.07, 6.45) is 1.08. The standard InChI is InChI=1S/C13H16N2OS/c16-13(12-7-17-8-14-12)15-11-6-10(11)9-4-2-1-3-5-9/h1-5,10-12,14H,6-8H2,(H,15,16). The Morgan fingerprint density at radius 1 is 1.35 bits per heavy atom. The van der Waals surface area contributed by atoms with E-state index in [0.29, 0.717) is 12.0 Å². The zero-order chi connectivity index (χ0) is 11.7. The SMILES string of the molecule is O=C(NC1CC1c1ccccc1)C1CSCN1. The molecule has 3 nitrogen and oxygen atoms in total. The highest BCUT2D eigenvalue weighted by molar-refractivity contribution is 7.99. The van der Waals surface area contributed by atoms with Crippen LogP contribution in [0.5, 0.6) is 0 Å². The molecule has 2 fully saturated rings. The number of thioether (sulfide) groups is 1. The number of nitrogens with one attached hydrogen (secondary N) is 2. The molecule has 1 aliphatic heterocycles. The van der Waals surface area contributed by atoms with Gasteiger partial charge >= 0.3 is 0 Å². The summed E-state index contributed by atoms with van der Waals surface area (Å²) < 4.78 is 0. The predicted molar refractivity (Wildman–Crippen MR) is 70.0 cm³/mol. The highest BCUT2D eigenvalue weighted by atomic mass is 32.2. The van der Waals surface area contributed by atoms with E-state index in [9.17, 15) is 4.79 Å². The minimum atomic E-state index is 0.0111. The van der Waals surface area contributed by atoms with Gasteiger partial charge in [0, 0.05) is 23.6 Å². The third-order valence-electron chi connectivity index (χ3n) is 3.38. The molecule has 17 heavy (non-hydrogen) atoms. The van der Waals surface area contributed by atoms with Gasteiger partial charge in [0.25, 0.3) is 0 Å². The van der Waals surface area contributed by atoms with E-state index in [2.05, 4.69) is 34.9 Å². The van der Waals surface area contributed by atoms with Crippen molar-refractivity contribution in [3.63, 3.8) is 0 Å². The number of carbonyl (C=O) groups is 1. The van der Waals surface area contributed by atoms with Gasteiger partial charge in [-0.3, -0.25) is 10.1 Å². The summed E-state index contributed by atoms with van der Waals surface area (Å²) in [6, 6.07) is 10.8. The van der Waals surface area contributed by atoms with Gasteiger partial charge in [-0.25, -0.2) is 0 Å². The predicted octanol–water partition coefficient (Wildman–Crippen LogP) is 1.32. The molecule has 0 aromatic heterocycles. The topological polar surface area (TPSA) is 41.1 Å². The van der Waals surface area contributed by atoms with Crippen LogP contribution in [0.2, 0.25) is 0 Å². The van der Waals surface area contributed by atoms with Crippen molar-refractivity contribution in [2.24, 2.45) is 0 Å². The minimum Gasteiger partial charge on any atom is -0.351 e. The molecule has 1 aliphatic carbocycles. The molecule has 1 saturated heterocycles. The highest BCUT2D eigenvalue weighted by Crippen LogP contribution is 2.40. The molecule has 1 amide bonds. The molecule has 0 radical (unpaired) electrons. The molecule has 1 saturated carbocycles. The second kappa shape index (κ2) is 4.70. The first-order valence-corrected chi connectivity index (χ1v) is 7.16. The van der Waals surface area contributed by atoms with Gasteiger partial charge in [-0.05, 0) is 12.0 Å². The number of benzene rings is 1. The molecular weight excluding hydrogens is 232 g/mol. The molecule has 4 heteroatoms. The molecule has 90 valence electrons. The Bertz CT molecular complexity index is 403.